The second-order valence-electron chi connectivity index (χ2n) is 15.1. The minimum Gasteiger partial charge on any atom is -0.351 e. The maximum atomic E-state index is 11.8. The molecule has 0 spiro atoms. The summed E-state index contributed by atoms with van der Waals surface area (Å²) in [6, 6.07) is 0. The van der Waals surface area contributed by atoms with Crippen LogP contribution in [0.5, 0.6) is 0 Å². The van der Waals surface area contributed by atoms with E-state index in [1.54, 1.807) is 26.2 Å². The number of nitrogens with one attached hydrogen (secondary N) is 2. The van der Waals surface area contributed by atoms with Crippen LogP contribution < -0.4 is 11.1 Å². The van der Waals surface area contributed by atoms with Gasteiger partial charge >= 0.3 is 0 Å². The summed E-state index contributed by atoms with van der Waals surface area (Å²) in [4.78, 5) is 35.6. The average molecular weight is 807 g/mol. The Morgan fingerprint density at radius 2 is 1.38 bits per heavy atom. The van der Waals surface area contributed by atoms with Crippen LogP contribution in [0.3, 0.4) is 0 Å². The molecule has 11 atom stereocenters. The van der Waals surface area contributed by atoms with Crippen LogP contribution in [0, 0.1) is 53.8 Å². The van der Waals surface area contributed by atoms with Crippen molar-refractivity contribution in [1.82, 2.24) is 19.1 Å². The van der Waals surface area contributed by atoms with Crippen molar-refractivity contribution in [3.63, 3.8) is 0 Å². The van der Waals surface area contributed by atoms with Crippen LogP contribution in [0.15, 0.2) is 22.0 Å². The lowest BCUT2D eigenvalue weighted by atomic mass is 9.89. The summed E-state index contributed by atoms with van der Waals surface area (Å²) >= 11 is 10.7. The van der Waals surface area contributed by atoms with E-state index < -0.39 is 22.4 Å². The van der Waals surface area contributed by atoms with Crippen molar-refractivity contribution in [3.8, 4) is 0 Å². The lowest BCUT2D eigenvalue weighted by Gasteiger charge is -2.33. The van der Waals surface area contributed by atoms with Crippen LogP contribution in [0.2, 0.25) is 0 Å². The molecule has 5 aliphatic rings. The summed E-state index contributed by atoms with van der Waals surface area (Å²) in [5.74, 6) is 1.00. The van der Waals surface area contributed by atoms with Crippen LogP contribution in [0.25, 0.3) is 9.69 Å². The van der Waals surface area contributed by atoms with Gasteiger partial charge in [-0.05, 0) is 81.2 Å². The van der Waals surface area contributed by atoms with Crippen molar-refractivity contribution in [1.29, 1.82) is 0 Å². The Morgan fingerprint density at radius 1 is 0.868 bits per heavy atom. The van der Waals surface area contributed by atoms with E-state index in [4.69, 9.17) is 65.1 Å². The molecule has 288 valence electrons. The first-order valence-electron chi connectivity index (χ1n) is 17.9. The van der Waals surface area contributed by atoms with E-state index in [1.165, 1.54) is 0 Å². The number of ether oxygens (including phenoxy) is 2. The van der Waals surface area contributed by atoms with Gasteiger partial charge in [0, 0.05) is 49.7 Å². The molecule has 2 aromatic heterocycles. The molecule has 4 heterocycles. The van der Waals surface area contributed by atoms with Gasteiger partial charge in [-0.2, -0.15) is 0 Å². The SMILES string of the molecule is [C-]#[N+]CCOP(C)O[C@]12CC[C@@H](C)[C@H]1O[C@@H](n1cc(C)c(=O)[nH]c1=S)C2.[C-]#[N+]CCOP(C)O[C@]12C[C@@H]3C[C@]3(C)[C@H]1O[C@@H](n1cc(C)c(=O)[nH]c1=S)C2. The molecule has 3 aliphatic carbocycles. The topological polar surface area (TPSA) is 140 Å². The maximum absolute atomic E-state index is 11.8. The Bertz CT molecular complexity index is 2010. The number of fused-ring (bicyclic) bond motifs is 4. The predicted octanol–water partition coefficient (Wildman–Crippen LogP) is 7.13. The van der Waals surface area contributed by atoms with Gasteiger partial charge in [0.15, 0.2) is 26.3 Å². The third-order valence-electron chi connectivity index (χ3n) is 11.3. The first kappa shape index (κ1) is 40.5. The summed E-state index contributed by atoms with van der Waals surface area (Å²) in [6.45, 7) is 27.0. The quantitative estimate of drug-likeness (QED) is 0.0986. The number of aromatic nitrogens is 4. The van der Waals surface area contributed by atoms with E-state index in [1.807, 2.05) is 22.5 Å². The van der Waals surface area contributed by atoms with Gasteiger partial charge in [0.1, 0.15) is 36.9 Å². The molecule has 0 aromatic carbocycles. The Morgan fingerprint density at radius 3 is 1.92 bits per heavy atom. The van der Waals surface area contributed by atoms with Gasteiger partial charge in [-0.15, -0.1) is 0 Å². The van der Waals surface area contributed by atoms with E-state index in [-0.39, 0.29) is 46.8 Å². The molecule has 53 heavy (non-hydrogen) atoms. The number of hydrogen-bond donors (Lipinski definition) is 2. The zero-order valence-electron chi connectivity index (χ0n) is 31.0. The fraction of sp³-hybridized carbons (Fsp3) is 0.714. The van der Waals surface area contributed by atoms with Crippen molar-refractivity contribution >= 4 is 41.2 Å². The fourth-order valence-corrected chi connectivity index (χ4v) is 11.5. The van der Waals surface area contributed by atoms with Gasteiger partial charge in [0.05, 0.1) is 12.2 Å². The van der Waals surface area contributed by atoms with Crippen molar-refractivity contribution in [2.24, 2.45) is 17.3 Å². The van der Waals surface area contributed by atoms with Gasteiger partial charge in [0.25, 0.3) is 11.1 Å². The van der Waals surface area contributed by atoms with Crippen LogP contribution in [0.4, 0.5) is 0 Å². The first-order chi connectivity index (χ1) is 25.1. The molecule has 2 unspecified atom stereocenters. The normalized spacial score (nSPS) is 34.6. The van der Waals surface area contributed by atoms with Crippen molar-refractivity contribution in [3.05, 3.63) is 76.6 Å². The van der Waals surface area contributed by atoms with E-state index in [0.717, 1.165) is 25.7 Å². The second kappa shape index (κ2) is 16.1. The maximum Gasteiger partial charge on any atom is 0.254 e. The van der Waals surface area contributed by atoms with Gasteiger partial charge in [-0.3, -0.25) is 28.7 Å². The summed E-state index contributed by atoms with van der Waals surface area (Å²) < 4.78 is 41.5. The lowest BCUT2D eigenvalue weighted by molar-refractivity contribution is -0.0652. The van der Waals surface area contributed by atoms with Crippen molar-refractivity contribution in [2.75, 3.05) is 39.6 Å². The number of aryl methyl sites for hydroxylation is 2. The number of H-pyrrole nitrogens is 2. The highest BCUT2D eigenvalue weighted by Crippen LogP contribution is 2.73. The van der Waals surface area contributed by atoms with Gasteiger partial charge in [0.2, 0.25) is 13.1 Å². The Balaban J connectivity index is 0.000000182. The van der Waals surface area contributed by atoms with Gasteiger partial charge in [-0.25, -0.2) is 13.1 Å². The molecule has 2 N–H and O–H groups in total. The molecule has 0 radical (unpaired) electrons. The second-order valence-corrected chi connectivity index (χ2v) is 18.5. The molecule has 14 nitrogen and oxygen atoms in total. The predicted molar refractivity (Wildman–Crippen MR) is 206 cm³/mol. The molecule has 0 bridgehead atoms. The fourth-order valence-electron chi connectivity index (χ4n) is 8.65. The number of hydrogen-bond acceptors (Lipinski definition) is 10. The van der Waals surface area contributed by atoms with E-state index in [0.29, 0.717) is 71.6 Å². The molecule has 2 saturated heterocycles. The third kappa shape index (κ3) is 8.20. The van der Waals surface area contributed by atoms with E-state index in [9.17, 15) is 9.59 Å². The third-order valence-corrected chi connectivity index (χ3v) is 14.3. The lowest BCUT2D eigenvalue weighted by Crippen LogP contribution is -2.40. The van der Waals surface area contributed by atoms with Crippen LogP contribution in [0.1, 0.15) is 76.0 Å². The zero-order chi connectivity index (χ0) is 38.3. The van der Waals surface area contributed by atoms with Gasteiger partial charge < -0.3 is 37.3 Å². The smallest absolute Gasteiger partial charge is 0.254 e. The minimum atomic E-state index is -1.09. The highest BCUT2D eigenvalue weighted by molar-refractivity contribution is 7.71. The van der Waals surface area contributed by atoms with Crippen molar-refractivity contribution < 1.29 is 27.6 Å². The Labute approximate surface area is 322 Å². The summed E-state index contributed by atoms with van der Waals surface area (Å²) in [6.07, 6.45) is 8.37. The molecule has 2 aromatic rings. The Hall–Kier alpha value is -2.20. The summed E-state index contributed by atoms with van der Waals surface area (Å²) in [5.41, 5.74) is 0.216. The average Bonchev–Trinajstić information content (AvgIpc) is 3.39. The highest BCUT2D eigenvalue weighted by Gasteiger charge is 2.74. The number of nitrogens with zero attached hydrogens (tertiary/aromatic N) is 4. The van der Waals surface area contributed by atoms with E-state index >= 15 is 0 Å². The molecule has 18 heteroatoms. The van der Waals surface area contributed by atoms with Crippen LogP contribution in [-0.4, -0.2) is 82.1 Å². The molecule has 3 saturated carbocycles. The molecule has 0 amide bonds. The molecule has 2 aliphatic heterocycles. The molecule has 5 fully saturated rings. The standard InChI is InChI=1S/C18H24N3O4PS.C17H24N3O4PS/c1-11-10-21(16(27)20-14(11)22)13-9-18(25-26(4)23-6-5-19-3)8-12-7-17(12,2)15(18)24-13;1-11-5-6-17(24-25(4)22-8-7-18-3)9-13(23-14(11)17)20-10-12(2)15(21)19-16(20)26/h10,12-13,15H,5-9H2,1-2,4H3,(H,20,22,27);10-11,13-14H,5-9H2,1-2,4H3,(H,19,21,26)/t12-,13+,15+,17-,18-,26?;11-,13-,14-,17+,25?/m01/s1. The Kier molecular flexibility index (Phi) is 12.3. The number of rotatable bonds is 12. The molecular weight excluding hydrogens is 759 g/mol. The van der Waals surface area contributed by atoms with Crippen LogP contribution >= 0.6 is 41.2 Å². The van der Waals surface area contributed by atoms with E-state index in [2.05, 4.69) is 33.5 Å². The minimum absolute atomic E-state index is 0.0106. The summed E-state index contributed by atoms with van der Waals surface area (Å²) in [5, 5.41) is 0. The molecule has 7 rings (SSSR count). The van der Waals surface area contributed by atoms with Crippen molar-refractivity contribution in [2.45, 2.75) is 102 Å². The molecular formula is C35H48N6O8P2S2. The van der Waals surface area contributed by atoms with Crippen LogP contribution in [-0.2, 0) is 27.6 Å². The summed E-state index contributed by atoms with van der Waals surface area (Å²) in [7, 11) is -2.18. The monoisotopic (exact) mass is 806 g/mol. The first-order valence-corrected chi connectivity index (χ1v) is 21.9. The zero-order valence-corrected chi connectivity index (χ0v) is 34.4. The highest BCUT2D eigenvalue weighted by atomic mass is 32.1. The van der Waals surface area contributed by atoms with Gasteiger partial charge in [-0.1, -0.05) is 13.8 Å². The number of aromatic amines is 2. The largest absolute Gasteiger partial charge is 0.351 e.